The highest BCUT2D eigenvalue weighted by Gasteiger charge is 2.32. The maximum absolute atomic E-state index is 12.8. The van der Waals surface area contributed by atoms with E-state index in [1.54, 1.807) is 18.2 Å². The highest BCUT2D eigenvalue weighted by atomic mass is 32.2. The SMILES string of the molecule is CCc1ccccc1NC(=O)C1CCN(S(=O)(=O)c2cccc(C)c2)CC1. The molecule has 0 atom stereocenters. The molecule has 0 spiro atoms. The lowest BCUT2D eigenvalue weighted by atomic mass is 9.97. The first-order valence-corrected chi connectivity index (χ1v) is 10.8. The zero-order chi connectivity index (χ0) is 19.4. The predicted molar refractivity (Wildman–Crippen MR) is 107 cm³/mol. The summed E-state index contributed by atoms with van der Waals surface area (Å²) in [5.41, 5.74) is 2.87. The monoisotopic (exact) mass is 386 g/mol. The van der Waals surface area contributed by atoms with E-state index in [1.807, 2.05) is 37.3 Å². The quantitative estimate of drug-likeness (QED) is 0.854. The maximum Gasteiger partial charge on any atom is 0.243 e. The van der Waals surface area contributed by atoms with Crippen LogP contribution in [0.2, 0.25) is 0 Å². The molecule has 1 heterocycles. The molecule has 144 valence electrons. The van der Waals surface area contributed by atoms with Gasteiger partial charge in [-0.2, -0.15) is 4.31 Å². The number of amides is 1. The Hall–Kier alpha value is -2.18. The fraction of sp³-hybridized carbons (Fsp3) is 0.381. The number of benzene rings is 2. The molecule has 27 heavy (non-hydrogen) atoms. The van der Waals surface area contributed by atoms with Crippen molar-refractivity contribution in [1.82, 2.24) is 4.31 Å². The fourth-order valence-corrected chi connectivity index (χ4v) is 5.04. The van der Waals surface area contributed by atoms with E-state index in [2.05, 4.69) is 12.2 Å². The number of sulfonamides is 1. The van der Waals surface area contributed by atoms with Gasteiger partial charge in [0.1, 0.15) is 0 Å². The van der Waals surface area contributed by atoms with Crippen LogP contribution in [-0.4, -0.2) is 31.7 Å². The van der Waals surface area contributed by atoms with Gasteiger partial charge < -0.3 is 5.32 Å². The highest BCUT2D eigenvalue weighted by Crippen LogP contribution is 2.26. The van der Waals surface area contributed by atoms with Crippen molar-refractivity contribution in [2.75, 3.05) is 18.4 Å². The minimum Gasteiger partial charge on any atom is -0.326 e. The van der Waals surface area contributed by atoms with E-state index < -0.39 is 10.0 Å². The molecule has 6 heteroatoms. The number of anilines is 1. The number of para-hydroxylation sites is 1. The molecule has 2 aromatic carbocycles. The van der Waals surface area contributed by atoms with E-state index >= 15 is 0 Å². The second kappa shape index (κ2) is 8.23. The summed E-state index contributed by atoms with van der Waals surface area (Å²) in [5, 5.41) is 3.02. The second-order valence-corrected chi connectivity index (χ2v) is 8.93. The molecule has 0 unspecified atom stereocenters. The van der Waals surface area contributed by atoms with Crippen LogP contribution in [-0.2, 0) is 21.2 Å². The molecular formula is C21H26N2O3S. The fourth-order valence-electron chi connectivity index (χ4n) is 3.47. The standard InChI is InChI=1S/C21H26N2O3S/c1-3-17-8-4-5-10-20(17)22-21(24)18-11-13-23(14-12-18)27(25,26)19-9-6-7-16(2)15-19/h4-10,15,18H,3,11-14H2,1-2H3,(H,22,24). The molecule has 1 amide bonds. The van der Waals surface area contributed by atoms with Crippen molar-refractivity contribution in [1.29, 1.82) is 0 Å². The first kappa shape index (κ1) is 19.6. The molecule has 3 rings (SSSR count). The van der Waals surface area contributed by atoms with Gasteiger partial charge in [0, 0.05) is 24.7 Å². The summed E-state index contributed by atoms with van der Waals surface area (Å²) < 4.78 is 27.1. The van der Waals surface area contributed by atoms with Crippen LogP contribution in [0.1, 0.15) is 30.9 Å². The summed E-state index contributed by atoms with van der Waals surface area (Å²) in [6.45, 7) is 4.66. The van der Waals surface area contributed by atoms with Crippen molar-refractivity contribution in [3.63, 3.8) is 0 Å². The number of carbonyl (C=O) groups excluding carboxylic acids is 1. The third-order valence-corrected chi connectivity index (χ3v) is 7.00. The Morgan fingerprint density at radius 3 is 2.48 bits per heavy atom. The van der Waals surface area contributed by atoms with E-state index in [0.717, 1.165) is 23.2 Å². The van der Waals surface area contributed by atoms with Crippen molar-refractivity contribution in [2.24, 2.45) is 5.92 Å². The molecule has 1 fully saturated rings. The summed E-state index contributed by atoms with van der Waals surface area (Å²) in [5.74, 6) is -0.192. The summed E-state index contributed by atoms with van der Waals surface area (Å²) in [7, 11) is -3.50. The second-order valence-electron chi connectivity index (χ2n) is 6.99. The Morgan fingerprint density at radius 2 is 1.81 bits per heavy atom. The molecule has 2 aromatic rings. The van der Waals surface area contributed by atoms with Gasteiger partial charge in [-0.3, -0.25) is 4.79 Å². The van der Waals surface area contributed by atoms with Gasteiger partial charge in [-0.25, -0.2) is 8.42 Å². The number of hydrogen-bond acceptors (Lipinski definition) is 3. The van der Waals surface area contributed by atoms with Crippen molar-refractivity contribution in [3.8, 4) is 0 Å². The van der Waals surface area contributed by atoms with E-state index in [-0.39, 0.29) is 11.8 Å². The molecule has 0 bridgehead atoms. The molecular weight excluding hydrogens is 360 g/mol. The van der Waals surface area contributed by atoms with Crippen molar-refractivity contribution in [2.45, 2.75) is 38.0 Å². The Kier molecular flexibility index (Phi) is 5.97. The van der Waals surface area contributed by atoms with Crippen LogP contribution < -0.4 is 5.32 Å². The Balaban J connectivity index is 1.64. The van der Waals surface area contributed by atoms with Crippen molar-refractivity contribution < 1.29 is 13.2 Å². The summed E-state index contributed by atoms with van der Waals surface area (Å²) >= 11 is 0. The number of rotatable bonds is 5. The first-order valence-electron chi connectivity index (χ1n) is 9.37. The molecule has 1 saturated heterocycles. The van der Waals surface area contributed by atoms with Gasteiger partial charge in [0.05, 0.1) is 4.90 Å². The Bertz CT molecular complexity index is 917. The zero-order valence-corrected chi connectivity index (χ0v) is 16.6. The van der Waals surface area contributed by atoms with Gasteiger partial charge in [-0.05, 0) is 55.5 Å². The molecule has 1 N–H and O–H groups in total. The Labute approximate surface area is 161 Å². The Morgan fingerprint density at radius 1 is 1.11 bits per heavy atom. The predicted octanol–water partition coefficient (Wildman–Crippen LogP) is 3.60. The topological polar surface area (TPSA) is 66.5 Å². The third-order valence-electron chi connectivity index (χ3n) is 5.11. The van der Waals surface area contributed by atoms with Crippen molar-refractivity contribution in [3.05, 3.63) is 59.7 Å². The normalized spacial score (nSPS) is 16.2. The van der Waals surface area contributed by atoms with E-state index in [4.69, 9.17) is 0 Å². The number of carbonyl (C=O) groups is 1. The van der Waals surface area contributed by atoms with Crippen molar-refractivity contribution >= 4 is 21.6 Å². The smallest absolute Gasteiger partial charge is 0.243 e. The number of nitrogens with one attached hydrogen (secondary N) is 1. The highest BCUT2D eigenvalue weighted by molar-refractivity contribution is 7.89. The average Bonchev–Trinajstić information content (AvgIpc) is 2.68. The third kappa shape index (κ3) is 4.39. The van der Waals surface area contributed by atoms with E-state index in [1.165, 1.54) is 4.31 Å². The minimum absolute atomic E-state index is 0.0245. The average molecular weight is 387 g/mol. The number of nitrogens with zero attached hydrogens (tertiary/aromatic N) is 1. The largest absolute Gasteiger partial charge is 0.326 e. The van der Waals surface area contributed by atoms with Gasteiger partial charge in [-0.1, -0.05) is 37.3 Å². The van der Waals surface area contributed by atoms with Crippen LogP contribution in [0, 0.1) is 12.8 Å². The number of hydrogen-bond donors (Lipinski definition) is 1. The summed E-state index contributed by atoms with van der Waals surface area (Å²) in [6, 6.07) is 14.7. The molecule has 0 radical (unpaired) electrons. The number of piperidine rings is 1. The van der Waals surface area contributed by atoms with Crippen LogP contribution in [0.3, 0.4) is 0 Å². The summed E-state index contributed by atoms with van der Waals surface area (Å²) in [4.78, 5) is 12.9. The molecule has 5 nitrogen and oxygen atoms in total. The van der Waals surface area contributed by atoms with Crippen LogP contribution in [0.25, 0.3) is 0 Å². The van der Waals surface area contributed by atoms with Crippen LogP contribution in [0.4, 0.5) is 5.69 Å². The molecule has 0 aromatic heterocycles. The lowest BCUT2D eigenvalue weighted by Gasteiger charge is -2.30. The molecule has 1 aliphatic rings. The lowest BCUT2D eigenvalue weighted by Crippen LogP contribution is -2.41. The van der Waals surface area contributed by atoms with Crippen LogP contribution in [0.5, 0.6) is 0 Å². The van der Waals surface area contributed by atoms with Gasteiger partial charge in [0.15, 0.2) is 0 Å². The maximum atomic E-state index is 12.8. The molecule has 0 aliphatic carbocycles. The first-order chi connectivity index (χ1) is 12.9. The van der Waals surface area contributed by atoms with E-state index in [0.29, 0.717) is 30.8 Å². The zero-order valence-electron chi connectivity index (χ0n) is 15.8. The number of aryl methyl sites for hydroxylation is 2. The minimum atomic E-state index is -3.50. The lowest BCUT2D eigenvalue weighted by molar-refractivity contribution is -0.120. The molecule has 0 saturated carbocycles. The van der Waals surface area contributed by atoms with Gasteiger partial charge in [0.25, 0.3) is 0 Å². The van der Waals surface area contributed by atoms with Gasteiger partial charge in [0.2, 0.25) is 15.9 Å². The van der Waals surface area contributed by atoms with Gasteiger partial charge in [-0.15, -0.1) is 0 Å². The summed E-state index contributed by atoms with van der Waals surface area (Å²) in [6.07, 6.45) is 1.92. The van der Waals surface area contributed by atoms with E-state index in [9.17, 15) is 13.2 Å². The molecule has 1 aliphatic heterocycles. The van der Waals surface area contributed by atoms with Crippen LogP contribution >= 0.6 is 0 Å². The van der Waals surface area contributed by atoms with Crippen LogP contribution in [0.15, 0.2) is 53.4 Å². The van der Waals surface area contributed by atoms with Gasteiger partial charge >= 0.3 is 0 Å².